The molecular weight excluding hydrogens is 296 g/mol. The van der Waals surface area contributed by atoms with Gasteiger partial charge in [-0.2, -0.15) is 0 Å². The highest BCUT2D eigenvalue weighted by Gasteiger charge is 2.32. The summed E-state index contributed by atoms with van der Waals surface area (Å²) >= 11 is 0. The average Bonchev–Trinajstić information content (AvgIpc) is 3.01. The van der Waals surface area contributed by atoms with Gasteiger partial charge in [-0.05, 0) is 18.6 Å². The lowest BCUT2D eigenvalue weighted by atomic mass is 10.2. The van der Waals surface area contributed by atoms with Gasteiger partial charge in [-0.15, -0.1) is 10.2 Å². The van der Waals surface area contributed by atoms with Crippen LogP contribution in [0.4, 0.5) is 11.6 Å². The van der Waals surface area contributed by atoms with Gasteiger partial charge in [-0.1, -0.05) is 0 Å². The highest BCUT2D eigenvalue weighted by Crippen LogP contribution is 2.17. The first-order chi connectivity index (χ1) is 11.0. The number of carbonyl (C=O) groups excluding carboxylic acids is 2. The van der Waals surface area contributed by atoms with Crippen LogP contribution in [0.15, 0.2) is 12.1 Å². The van der Waals surface area contributed by atoms with E-state index in [1.165, 1.54) is 0 Å². The van der Waals surface area contributed by atoms with E-state index >= 15 is 0 Å². The zero-order chi connectivity index (χ0) is 16.4. The summed E-state index contributed by atoms with van der Waals surface area (Å²) in [5, 5.41) is 11.2. The molecule has 2 fully saturated rings. The van der Waals surface area contributed by atoms with Crippen molar-refractivity contribution in [3.05, 3.63) is 12.1 Å². The molecule has 8 heteroatoms. The van der Waals surface area contributed by atoms with Crippen LogP contribution in [0.25, 0.3) is 0 Å². The largest absolute Gasteiger partial charge is 0.361 e. The second kappa shape index (κ2) is 6.39. The Morgan fingerprint density at radius 3 is 2.48 bits per heavy atom. The molecule has 0 bridgehead atoms. The highest BCUT2D eigenvalue weighted by molar-refractivity contribution is 5.90. The van der Waals surface area contributed by atoms with Crippen molar-refractivity contribution < 1.29 is 9.59 Å². The Bertz CT molecular complexity index is 580. The van der Waals surface area contributed by atoms with Crippen LogP contribution in [0.1, 0.15) is 12.8 Å². The van der Waals surface area contributed by atoms with E-state index in [9.17, 15) is 9.59 Å². The van der Waals surface area contributed by atoms with E-state index in [-0.39, 0.29) is 17.9 Å². The van der Waals surface area contributed by atoms with Crippen molar-refractivity contribution in [2.75, 3.05) is 50.1 Å². The molecule has 0 radical (unpaired) electrons. The lowest BCUT2D eigenvalue weighted by Gasteiger charge is -2.36. The van der Waals surface area contributed by atoms with Gasteiger partial charge in [-0.25, -0.2) is 0 Å². The lowest BCUT2D eigenvalue weighted by molar-refractivity contribution is -0.134. The maximum Gasteiger partial charge on any atom is 0.245 e. The number of piperazine rings is 1. The molecule has 1 aromatic rings. The molecular formula is C15H22N6O2. The van der Waals surface area contributed by atoms with Crippen molar-refractivity contribution in [3.8, 4) is 0 Å². The quantitative estimate of drug-likeness (QED) is 0.807. The Morgan fingerprint density at radius 1 is 1.22 bits per heavy atom. The minimum absolute atomic E-state index is 0.0294. The maximum absolute atomic E-state index is 12.4. The summed E-state index contributed by atoms with van der Waals surface area (Å²) < 4.78 is 0. The molecule has 0 aromatic carbocycles. The normalized spacial score (nSPS) is 21.3. The molecule has 1 unspecified atom stereocenters. The van der Waals surface area contributed by atoms with Crippen molar-refractivity contribution in [1.29, 1.82) is 0 Å². The second-order valence-electron chi connectivity index (χ2n) is 6.12. The van der Waals surface area contributed by atoms with Gasteiger partial charge in [0, 0.05) is 46.7 Å². The number of amides is 2. The van der Waals surface area contributed by atoms with Crippen LogP contribution >= 0.6 is 0 Å². The SMILES string of the molecule is CN(C)c1ccc(N2CCN(C(=O)C3CCC(=O)N3)CC2)nn1. The molecule has 0 saturated carbocycles. The lowest BCUT2D eigenvalue weighted by Crippen LogP contribution is -2.53. The van der Waals surface area contributed by atoms with Crippen molar-refractivity contribution in [1.82, 2.24) is 20.4 Å². The Hall–Kier alpha value is -2.38. The number of carbonyl (C=O) groups is 2. The van der Waals surface area contributed by atoms with E-state index in [0.29, 0.717) is 25.9 Å². The molecule has 0 aliphatic carbocycles. The fourth-order valence-corrected chi connectivity index (χ4v) is 2.90. The summed E-state index contributed by atoms with van der Waals surface area (Å²) in [6.45, 7) is 2.73. The molecule has 8 nitrogen and oxygen atoms in total. The standard InChI is InChI=1S/C15H22N6O2/c1-19(2)12-4-5-13(18-17-12)20-7-9-21(10-8-20)15(23)11-3-6-14(22)16-11/h4-5,11H,3,6-10H2,1-2H3,(H,16,22). The summed E-state index contributed by atoms with van der Waals surface area (Å²) in [4.78, 5) is 29.5. The molecule has 2 saturated heterocycles. The first kappa shape index (κ1) is 15.5. The predicted molar refractivity (Wildman–Crippen MR) is 86.3 cm³/mol. The van der Waals surface area contributed by atoms with Crippen LogP contribution in [-0.2, 0) is 9.59 Å². The minimum atomic E-state index is -0.340. The van der Waals surface area contributed by atoms with Crippen molar-refractivity contribution in [2.24, 2.45) is 0 Å². The van der Waals surface area contributed by atoms with E-state index in [1.807, 2.05) is 36.0 Å². The summed E-state index contributed by atoms with van der Waals surface area (Å²) in [6.07, 6.45) is 1.06. The molecule has 1 atom stereocenters. The maximum atomic E-state index is 12.4. The van der Waals surface area contributed by atoms with Gasteiger partial charge in [-0.3, -0.25) is 9.59 Å². The third kappa shape index (κ3) is 3.35. The van der Waals surface area contributed by atoms with E-state index in [4.69, 9.17) is 0 Å². The molecule has 0 spiro atoms. The Balaban J connectivity index is 1.55. The van der Waals surface area contributed by atoms with Crippen LogP contribution in [-0.4, -0.2) is 73.2 Å². The van der Waals surface area contributed by atoms with Gasteiger partial charge >= 0.3 is 0 Å². The number of hydrogen-bond acceptors (Lipinski definition) is 6. The van der Waals surface area contributed by atoms with Gasteiger partial charge in [0.25, 0.3) is 0 Å². The molecule has 2 aliphatic rings. The van der Waals surface area contributed by atoms with Crippen LogP contribution in [0.5, 0.6) is 0 Å². The van der Waals surface area contributed by atoms with Crippen molar-refractivity contribution in [2.45, 2.75) is 18.9 Å². The van der Waals surface area contributed by atoms with Gasteiger partial charge < -0.3 is 20.0 Å². The number of rotatable bonds is 3. The highest BCUT2D eigenvalue weighted by atomic mass is 16.2. The number of aromatic nitrogens is 2. The van der Waals surface area contributed by atoms with Gasteiger partial charge in [0.05, 0.1) is 0 Å². The Labute approximate surface area is 135 Å². The number of nitrogens with zero attached hydrogens (tertiary/aromatic N) is 5. The molecule has 3 rings (SSSR count). The third-order valence-corrected chi connectivity index (χ3v) is 4.30. The third-order valence-electron chi connectivity index (χ3n) is 4.30. The van der Waals surface area contributed by atoms with Crippen molar-refractivity contribution in [3.63, 3.8) is 0 Å². The molecule has 124 valence electrons. The Morgan fingerprint density at radius 2 is 1.96 bits per heavy atom. The monoisotopic (exact) mass is 318 g/mol. The van der Waals surface area contributed by atoms with Crippen LogP contribution in [0.2, 0.25) is 0 Å². The first-order valence-corrected chi connectivity index (χ1v) is 7.89. The topological polar surface area (TPSA) is 81.7 Å². The summed E-state index contributed by atoms with van der Waals surface area (Å²) in [6, 6.07) is 3.55. The predicted octanol–water partition coefficient (Wildman–Crippen LogP) is -0.530. The van der Waals surface area contributed by atoms with Crippen LogP contribution in [0, 0.1) is 0 Å². The number of hydrogen-bond donors (Lipinski definition) is 1. The summed E-state index contributed by atoms with van der Waals surface area (Å²) in [5.41, 5.74) is 0. The second-order valence-corrected chi connectivity index (χ2v) is 6.12. The van der Waals surface area contributed by atoms with Gasteiger partial charge in [0.15, 0.2) is 11.6 Å². The zero-order valence-electron chi connectivity index (χ0n) is 13.5. The van der Waals surface area contributed by atoms with Crippen LogP contribution in [0.3, 0.4) is 0 Å². The van der Waals surface area contributed by atoms with Crippen LogP contribution < -0.4 is 15.1 Å². The molecule has 3 heterocycles. The zero-order valence-corrected chi connectivity index (χ0v) is 13.5. The molecule has 2 amide bonds. The van der Waals surface area contributed by atoms with E-state index in [1.54, 1.807) is 0 Å². The van der Waals surface area contributed by atoms with E-state index < -0.39 is 0 Å². The fraction of sp³-hybridized carbons (Fsp3) is 0.600. The Kier molecular flexibility index (Phi) is 4.31. The fourth-order valence-electron chi connectivity index (χ4n) is 2.90. The van der Waals surface area contributed by atoms with Gasteiger partial charge in [0.2, 0.25) is 11.8 Å². The summed E-state index contributed by atoms with van der Waals surface area (Å²) in [5.74, 6) is 1.65. The van der Waals surface area contributed by atoms with Gasteiger partial charge in [0.1, 0.15) is 6.04 Å². The average molecular weight is 318 g/mol. The van der Waals surface area contributed by atoms with Crippen molar-refractivity contribution >= 4 is 23.5 Å². The number of nitrogens with one attached hydrogen (secondary N) is 1. The van der Waals surface area contributed by atoms with E-state index in [2.05, 4.69) is 20.4 Å². The summed E-state index contributed by atoms with van der Waals surface area (Å²) in [7, 11) is 3.85. The molecule has 23 heavy (non-hydrogen) atoms. The van der Waals surface area contributed by atoms with E-state index in [0.717, 1.165) is 24.7 Å². The molecule has 2 aliphatic heterocycles. The first-order valence-electron chi connectivity index (χ1n) is 7.89. The molecule has 1 N–H and O–H groups in total. The minimum Gasteiger partial charge on any atom is -0.361 e. The smallest absolute Gasteiger partial charge is 0.245 e. The number of anilines is 2. The molecule has 1 aromatic heterocycles.